The minimum Gasteiger partial charge on any atom is -0.342 e. The monoisotopic (exact) mass is 265 g/mol. The molecule has 0 aromatic carbocycles. The average molecular weight is 265 g/mol. The van der Waals surface area contributed by atoms with Gasteiger partial charge in [-0.2, -0.15) is 0 Å². The summed E-state index contributed by atoms with van der Waals surface area (Å²) in [7, 11) is 0. The van der Waals surface area contributed by atoms with Crippen LogP contribution in [0.15, 0.2) is 0 Å². The second kappa shape index (κ2) is 5.80. The van der Waals surface area contributed by atoms with Gasteiger partial charge in [-0.3, -0.25) is 9.69 Å². The van der Waals surface area contributed by atoms with E-state index in [1.807, 2.05) is 0 Å². The maximum atomic E-state index is 12.3. The molecule has 3 aliphatic heterocycles. The Labute approximate surface area is 116 Å². The number of amides is 1. The summed E-state index contributed by atoms with van der Waals surface area (Å²) in [6, 6.07) is 0.724. The van der Waals surface area contributed by atoms with Crippen LogP contribution in [0.3, 0.4) is 0 Å². The van der Waals surface area contributed by atoms with E-state index in [0.29, 0.717) is 12.5 Å². The third-order valence-corrected chi connectivity index (χ3v) is 5.23. The topological polar surface area (TPSA) is 35.6 Å². The number of piperidine rings is 2. The largest absolute Gasteiger partial charge is 0.342 e. The summed E-state index contributed by atoms with van der Waals surface area (Å²) in [5.74, 6) is 1.93. The lowest BCUT2D eigenvalue weighted by molar-refractivity contribution is -0.134. The third kappa shape index (κ3) is 3.11. The van der Waals surface area contributed by atoms with Gasteiger partial charge in [0.05, 0.1) is 6.54 Å². The molecule has 3 heterocycles. The quantitative estimate of drug-likeness (QED) is 0.807. The Balaban J connectivity index is 1.47. The molecule has 2 unspecified atom stereocenters. The highest BCUT2D eigenvalue weighted by Gasteiger charge is 2.33. The van der Waals surface area contributed by atoms with Gasteiger partial charge in [-0.1, -0.05) is 6.92 Å². The van der Waals surface area contributed by atoms with E-state index in [4.69, 9.17) is 0 Å². The van der Waals surface area contributed by atoms with E-state index in [1.54, 1.807) is 0 Å². The maximum Gasteiger partial charge on any atom is 0.236 e. The fourth-order valence-corrected chi connectivity index (χ4v) is 3.82. The summed E-state index contributed by atoms with van der Waals surface area (Å²) >= 11 is 0. The zero-order valence-electron chi connectivity index (χ0n) is 12.1. The van der Waals surface area contributed by atoms with Crippen molar-refractivity contribution in [3.05, 3.63) is 0 Å². The number of hydrogen-bond acceptors (Lipinski definition) is 3. The molecule has 0 aromatic rings. The maximum absolute atomic E-state index is 12.3. The predicted octanol–water partition coefficient (Wildman–Crippen LogP) is 0.929. The van der Waals surface area contributed by atoms with Crippen LogP contribution < -0.4 is 5.32 Å². The molecule has 4 heteroatoms. The summed E-state index contributed by atoms with van der Waals surface area (Å²) in [6.45, 7) is 8.26. The lowest BCUT2D eigenvalue weighted by Crippen LogP contribution is -2.49. The molecule has 0 aliphatic carbocycles. The molecule has 4 nitrogen and oxygen atoms in total. The Morgan fingerprint density at radius 2 is 1.95 bits per heavy atom. The minimum atomic E-state index is 0.358. The number of hydrogen-bond donors (Lipinski definition) is 1. The van der Waals surface area contributed by atoms with Crippen LogP contribution in [0.1, 0.15) is 32.6 Å². The van der Waals surface area contributed by atoms with Crippen LogP contribution in [-0.4, -0.2) is 61.0 Å². The lowest BCUT2D eigenvalue weighted by atomic mass is 9.93. The Bertz CT molecular complexity index is 325. The molecule has 3 aliphatic rings. The van der Waals surface area contributed by atoms with Crippen molar-refractivity contribution in [2.45, 2.75) is 38.6 Å². The van der Waals surface area contributed by atoms with Crippen LogP contribution in [0.25, 0.3) is 0 Å². The van der Waals surface area contributed by atoms with Gasteiger partial charge in [0.2, 0.25) is 5.91 Å². The van der Waals surface area contributed by atoms with Crippen LogP contribution in [-0.2, 0) is 4.79 Å². The number of fused-ring (bicyclic) bond motifs is 1. The normalized spacial score (nSPS) is 33.4. The second-order valence-electron chi connectivity index (χ2n) is 6.70. The van der Waals surface area contributed by atoms with Crippen molar-refractivity contribution in [1.29, 1.82) is 0 Å². The summed E-state index contributed by atoms with van der Waals surface area (Å²) in [5.41, 5.74) is 0. The van der Waals surface area contributed by atoms with E-state index < -0.39 is 0 Å². The van der Waals surface area contributed by atoms with Crippen molar-refractivity contribution in [3.8, 4) is 0 Å². The zero-order valence-corrected chi connectivity index (χ0v) is 12.1. The van der Waals surface area contributed by atoms with Crippen LogP contribution in [0.4, 0.5) is 0 Å². The van der Waals surface area contributed by atoms with Crippen molar-refractivity contribution in [2.75, 3.05) is 39.3 Å². The van der Waals surface area contributed by atoms with Gasteiger partial charge in [0.15, 0.2) is 0 Å². The Morgan fingerprint density at radius 3 is 2.74 bits per heavy atom. The highest BCUT2D eigenvalue weighted by Crippen LogP contribution is 2.24. The first-order valence-corrected chi connectivity index (χ1v) is 7.96. The minimum absolute atomic E-state index is 0.358. The van der Waals surface area contributed by atoms with Crippen LogP contribution in [0, 0.1) is 11.8 Å². The molecule has 19 heavy (non-hydrogen) atoms. The molecular weight excluding hydrogens is 238 g/mol. The molecule has 0 saturated carbocycles. The van der Waals surface area contributed by atoms with Crippen molar-refractivity contribution in [3.63, 3.8) is 0 Å². The highest BCUT2D eigenvalue weighted by atomic mass is 16.2. The van der Waals surface area contributed by atoms with Crippen molar-refractivity contribution >= 4 is 5.91 Å². The average Bonchev–Trinajstić information content (AvgIpc) is 2.87. The molecule has 3 fully saturated rings. The summed E-state index contributed by atoms with van der Waals surface area (Å²) in [5, 5.41) is 3.58. The number of likely N-dealkylation sites (tertiary alicyclic amines) is 2. The van der Waals surface area contributed by atoms with E-state index in [1.165, 1.54) is 32.2 Å². The van der Waals surface area contributed by atoms with Crippen LogP contribution >= 0.6 is 0 Å². The van der Waals surface area contributed by atoms with Gasteiger partial charge in [-0.15, -0.1) is 0 Å². The molecule has 0 bridgehead atoms. The molecule has 3 rings (SSSR count). The molecule has 0 radical (unpaired) electrons. The smallest absolute Gasteiger partial charge is 0.236 e. The van der Waals surface area contributed by atoms with Crippen molar-refractivity contribution < 1.29 is 4.79 Å². The van der Waals surface area contributed by atoms with Gasteiger partial charge in [0.1, 0.15) is 0 Å². The zero-order chi connectivity index (χ0) is 13.2. The predicted molar refractivity (Wildman–Crippen MR) is 75.9 cm³/mol. The standard InChI is InChI=1S/C15H27N3O/c1-12-3-8-18(9-4-12)15(19)11-17-7-5-14-13(10-17)2-6-16-14/h12-14,16H,2-11H2,1H3. The molecule has 0 aromatic heterocycles. The van der Waals surface area contributed by atoms with E-state index in [-0.39, 0.29) is 0 Å². The first-order valence-electron chi connectivity index (χ1n) is 7.96. The number of nitrogens with one attached hydrogen (secondary N) is 1. The molecule has 1 N–H and O–H groups in total. The van der Waals surface area contributed by atoms with Crippen LogP contribution in [0.2, 0.25) is 0 Å². The fraction of sp³-hybridized carbons (Fsp3) is 0.933. The van der Waals surface area contributed by atoms with Gasteiger partial charge in [-0.05, 0) is 44.1 Å². The van der Waals surface area contributed by atoms with E-state index in [2.05, 4.69) is 22.0 Å². The number of nitrogens with zero attached hydrogens (tertiary/aromatic N) is 2. The summed E-state index contributed by atoms with van der Waals surface area (Å²) in [4.78, 5) is 16.8. The van der Waals surface area contributed by atoms with E-state index in [9.17, 15) is 4.79 Å². The van der Waals surface area contributed by atoms with Gasteiger partial charge >= 0.3 is 0 Å². The van der Waals surface area contributed by atoms with Crippen molar-refractivity contribution in [2.24, 2.45) is 11.8 Å². The fourth-order valence-electron chi connectivity index (χ4n) is 3.82. The molecule has 1 amide bonds. The van der Waals surface area contributed by atoms with Crippen molar-refractivity contribution in [1.82, 2.24) is 15.1 Å². The summed E-state index contributed by atoms with van der Waals surface area (Å²) < 4.78 is 0. The molecule has 3 saturated heterocycles. The number of carbonyl (C=O) groups excluding carboxylic acids is 1. The first kappa shape index (κ1) is 13.4. The van der Waals surface area contributed by atoms with Gasteiger partial charge in [0.25, 0.3) is 0 Å². The summed E-state index contributed by atoms with van der Waals surface area (Å²) in [6.07, 6.45) is 4.87. The Kier molecular flexibility index (Phi) is 4.08. The van der Waals surface area contributed by atoms with Gasteiger partial charge < -0.3 is 10.2 Å². The SMILES string of the molecule is CC1CCN(C(=O)CN2CCC3NCCC3C2)CC1. The van der Waals surface area contributed by atoms with E-state index >= 15 is 0 Å². The first-order chi connectivity index (χ1) is 9.22. The molecule has 2 atom stereocenters. The third-order valence-electron chi connectivity index (χ3n) is 5.23. The Hall–Kier alpha value is -0.610. The van der Waals surface area contributed by atoms with Gasteiger partial charge in [-0.25, -0.2) is 0 Å². The van der Waals surface area contributed by atoms with Crippen LogP contribution in [0.5, 0.6) is 0 Å². The number of carbonyl (C=O) groups is 1. The van der Waals surface area contributed by atoms with Gasteiger partial charge in [0, 0.05) is 32.2 Å². The second-order valence-corrected chi connectivity index (χ2v) is 6.70. The molecule has 0 spiro atoms. The molecule has 108 valence electrons. The highest BCUT2D eigenvalue weighted by molar-refractivity contribution is 5.78. The lowest BCUT2D eigenvalue weighted by Gasteiger charge is -2.36. The van der Waals surface area contributed by atoms with E-state index in [0.717, 1.165) is 44.1 Å². The number of rotatable bonds is 2. The molecular formula is C15H27N3O. The Morgan fingerprint density at radius 1 is 1.16 bits per heavy atom.